The average Bonchev–Trinajstić information content (AvgIpc) is 3.01. The molecule has 150 valence electrons. The van der Waals surface area contributed by atoms with Crippen LogP contribution in [0.5, 0.6) is 0 Å². The van der Waals surface area contributed by atoms with E-state index in [1.807, 2.05) is 18.5 Å². The summed E-state index contributed by atoms with van der Waals surface area (Å²) in [5, 5.41) is 4.72. The van der Waals surface area contributed by atoms with Gasteiger partial charge in [-0.2, -0.15) is 5.10 Å². The minimum atomic E-state index is -0.119. The topological polar surface area (TPSA) is 112 Å². The Morgan fingerprint density at radius 3 is 2.71 bits per heavy atom. The maximum absolute atomic E-state index is 13.0. The van der Waals surface area contributed by atoms with Crippen LogP contribution in [0.2, 0.25) is 0 Å². The zero-order chi connectivity index (χ0) is 19.7. The third-order valence-corrected chi connectivity index (χ3v) is 5.40. The van der Waals surface area contributed by atoms with Gasteiger partial charge < -0.3 is 15.4 Å². The van der Waals surface area contributed by atoms with E-state index in [0.29, 0.717) is 37.7 Å². The zero-order valence-electron chi connectivity index (χ0n) is 16.5. The molecule has 0 radical (unpaired) electrons. The SMILES string of the molecule is CC(C)c1cc(C(=O)N2CCc3nc(C4CCOCC4)nn3CC2)nc(N)n1. The molecule has 0 spiro atoms. The molecule has 1 fully saturated rings. The lowest BCUT2D eigenvalue weighted by molar-refractivity contribution is 0.0750. The molecule has 0 bridgehead atoms. The standard InChI is InChI=1S/C19H27N7O2/c1-12(2)14-11-15(22-19(20)21-14)18(27)25-6-3-16-23-17(24-26(16)8-7-25)13-4-9-28-10-5-13/h11-13H,3-10H2,1-2H3,(H2,20,21,22). The number of nitrogens with two attached hydrogens (primary N) is 1. The molecule has 2 aliphatic rings. The van der Waals surface area contributed by atoms with E-state index in [0.717, 1.165) is 43.4 Å². The van der Waals surface area contributed by atoms with Crippen LogP contribution in [0, 0.1) is 0 Å². The van der Waals surface area contributed by atoms with Gasteiger partial charge in [0, 0.05) is 44.3 Å². The number of hydrogen-bond donors (Lipinski definition) is 1. The van der Waals surface area contributed by atoms with Gasteiger partial charge >= 0.3 is 0 Å². The predicted octanol–water partition coefficient (Wildman–Crippen LogP) is 1.37. The van der Waals surface area contributed by atoms with Crippen molar-refractivity contribution in [2.45, 2.75) is 51.5 Å². The lowest BCUT2D eigenvalue weighted by Gasteiger charge is -2.20. The second kappa shape index (κ2) is 7.83. The van der Waals surface area contributed by atoms with Crippen LogP contribution < -0.4 is 5.73 Å². The number of ether oxygens (including phenoxy) is 1. The van der Waals surface area contributed by atoms with Crippen LogP contribution in [0.1, 0.15) is 66.4 Å². The van der Waals surface area contributed by atoms with Gasteiger partial charge in [0.05, 0.1) is 6.54 Å². The van der Waals surface area contributed by atoms with Gasteiger partial charge in [-0.15, -0.1) is 0 Å². The van der Waals surface area contributed by atoms with Crippen LogP contribution in [-0.2, 0) is 17.7 Å². The largest absolute Gasteiger partial charge is 0.381 e. The maximum Gasteiger partial charge on any atom is 0.272 e. The quantitative estimate of drug-likeness (QED) is 0.849. The van der Waals surface area contributed by atoms with Crippen molar-refractivity contribution in [1.82, 2.24) is 29.6 Å². The summed E-state index contributed by atoms with van der Waals surface area (Å²) in [4.78, 5) is 27.9. The van der Waals surface area contributed by atoms with Gasteiger partial charge in [-0.25, -0.2) is 19.6 Å². The molecular weight excluding hydrogens is 358 g/mol. The van der Waals surface area contributed by atoms with Crippen molar-refractivity contribution in [2.24, 2.45) is 0 Å². The first-order chi connectivity index (χ1) is 13.5. The molecule has 2 aromatic rings. The molecule has 0 atom stereocenters. The number of carbonyl (C=O) groups is 1. The molecule has 9 heteroatoms. The Morgan fingerprint density at radius 2 is 1.96 bits per heavy atom. The van der Waals surface area contributed by atoms with Crippen molar-refractivity contribution in [3.05, 3.63) is 29.1 Å². The minimum Gasteiger partial charge on any atom is -0.381 e. The molecule has 4 rings (SSSR count). The fourth-order valence-corrected chi connectivity index (χ4v) is 3.70. The van der Waals surface area contributed by atoms with Crippen LogP contribution in [-0.4, -0.2) is 61.8 Å². The number of carbonyl (C=O) groups excluding carboxylic acids is 1. The van der Waals surface area contributed by atoms with Crippen LogP contribution in [0.4, 0.5) is 5.95 Å². The molecular formula is C19H27N7O2. The van der Waals surface area contributed by atoms with E-state index < -0.39 is 0 Å². The molecule has 1 saturated heterocycles. The fourth-order valence-electron chi connectivity index (χ4n) is 3.70. The van der Waals surface area contributed by atoms with E-state index >= 15 is 0 Å². The van der Waals surface area contributed by atoms with Crippen molar-refractivity contribution < 1.29 is 9.53 Å². The number of nitrogens with zero attached hydrogens (tertiary/aromatic N) is 6. The van der Waals surface area contributed by atoms with Crippen molar-refractivity contribution in [3.63, 3.8) is 0 Å². The third-order valence-electron chi connectivity index (χ3n) is 5.40. The molecule has 0 aromatic carbocycles. The van der Waals surface area contributed by atoms with Gasteiger partial charge in [0.25, 0.3) is 5.91 Å². The van der Waals surface area contributed by atoms with E-state index in [-0.39, 0.29) is 17.8 Å². The van der Waals surface area contributed by atoms with Gasteiger partial charge in [-0.05, 0) is 24.8 Å². The normalized spacial score (nSPS) is 18.2. The van der Waals surface area contributed by atoms with Gasteiger partial charge in [-0.1, -0.05) is 13.8 Å². The summed E-state index contributed by atoms with van der Waals surface area (Å²) in [6.07, 6.45) is 2.63. The van der Waals surface area contributed by atoms with Crippen LogP contribution in [0.15, 0.2) is 6.07 Å². The number of hydrogen-bond acceptors (Lipinski definition) is 7. The molecule has 2 N–H and O–H groups in total. The highest BCUT2D eigenvalue weighted by atomic mass is 16.5. The zero-order valence-corrected chi connectivity index (χ0v) is 16.5. The molecule has 2 aliphatic heterocycles. The van der Waals surface area contributed by atoms with Crippen LogP contribution in [0.25, 0.3) is 0 Å². The first-order valence-electron chi connectivity index (χ1n) is 9.96. The summed E-state index contributed by atoms with van der Waals surface area (Å²) in [5.74, 6) is 2.44. The van der Waals surface area contributed by atoms with Crippen molar-refractivity contribution in [1.29, 1.82) is 0 Å². The summed E-state index contributed by atoms with van der Waals surface area (Å²) in [7, 11) is 0. The van der Waals surface area contributed by atoms with Crippen LogP contribution in [0.3, 0.4) is 0 Å². The second-order valence-electron chi connectivity index (χ2n) is 7.73. The van der Waals surface area contributed by atoms with Crippen molar-refractivity contribution >= 4 is 11.9 Å². The number of nitrogen functional groups attached to an aromatic ring is 1. The van der Waals surface area contributed by atoms with E-state index in [4.69, 9.17) is 20.6 Å². The Bertz CT molecular complexity index is 832. The van der Waals surface area contributed by atoms with Gasteiger partial charge in [0.1, 0.15) is 11.5 Å². The Hall–Kier alpha value is -2.55. The van der Waals surface area contributed by atoms with Gasteiger partial charge in [0.15, 0.2) is 5.82 Å². The molecule has 0 aliphatic carbocycles. The Labute approximate surface area is 164 Å². The molecule has 28 heavy (non-hydrogen) atoms. The smallest absolute Gasteiger partial charge is 0.272 e. The molecule has 0 saturated carbocycles. The molecule has 9 nitrogen and oxygen atoms in total. The van der Waals surface area contributed by atoms with E-state index in [1.54, 1.807) is 11.0 Å². The lowest BCUT2D eigenvalue weighted by atomic mass is 10.00. The lowest BCUT2D eigenvalue weighted by Crippen LogP contribution is -2.34. The maximum atomic E-state index is 13.0. The number of rotatable bonds is 3. The summed E-state index contributed by atoms with van der Waals surface area (Å²) >= 11 is 0. The van der Waals surface area contributed by atoms with Crippen LogP contribution >= 0.6 is 0 Å². The molecule has 0 unspecified atom stereocenters. The summed E-state index contributed by atoms with van der Waals surface area (Å²) < 4.78 is 7.38. The van der Waals surface area contributed by atoms with Crippen molar-refractivity contribution in [3.8, 4) is 0 Å². The number of anilines is 1. The Morgan fingerprint density at radius 1 is 1.18 bits per heavy atom. The van der Waals surface area contributed by atoms with E-state index in [9.17, 15) is 4.79 Å². The molecule has 2 aromatic heterocycles. The highest BCUT2D eigenvalue weighted by molar-refractivity contribution is 5.92. The van der Waals surface area contributed by atoms with E-state index in [2.05, 4.69) is 9.97 Å². The highest BCUT2D eigenvalue weighted by Crippen LogP contribution is 2.25. The monoisotopic (exact) mass is 385 g/mol. The first kappa shape index (κ1) is 18.8. The Balaban J connectivity index is 1.47. The number of fused-ring (bicyclic) bond motifs is 1. The fraction of sp³-hybridized carbons (Fsp3) is 0.632. The number of amides is 1. The predicted molar refractivity (Wildman–Crippen MR) is 103 cm³/mol. The Kier molecular flexibility index (Phi) is 5.25. The average molecular weight is 385 g/mol. The van der Waals surface area contributed by atoms with Gasteiger partial charge in [0.2, 0.25) is 5.95 Å². The summed E-state index contributed by atoms with van der Waals surface area (Å²) in [6.45, 7) is 7.38. The summed E-state index contributed by atoms with van der Waals surface area (Å²) in [6, 6.07) is 1.74. The van der Waals surface area contributed by atoms with Crippen molar-refractivity contribution in [2.75, 3.05) is 32.0 Å². The van der Waals surface area contributed by atoms with E-state index in [1.165, 1.54) is 0 Å². The third kappa shape index (κ3) is 3.84. The highest BCUT2D eigenvalue weighted by Gasteiger charge is 2.26. The first-order valence-corrected chi connectivity index (χ1v) is 9.96. The number of aromatic nitrogens is 5. The molecule has 4 heterocycles. The van der Waals surface area contributed by atoms with Gasteiger partial charge in [-0.3, -0.25) is 4.79 Å². The minimum absolute atomic E-state index is 0.119. The summed E-state index contributed by atoms with van der Waals surface area (Å²) in [5.41, 5.74) is 6.94. The second-order valence-corrected chi connectivity index (χ2v) is 7.73. The molecule has 1 amide bonds.